The molecule has 104 valence electrons. The van der Waals surface area contributed by atoms with Crippen molar-refractivity contribution in [1.82, 2.24) is 5.32 Å². The van der Waals surface area contributed by atoms with Gasteiger partial charge in [-0.25, -0.2) is 0 Å². The van der Waals surface area contributed by atoms with E-state index in [1.807, 2.05) is 24.9 Å². The number of para-hydroxylation sites is 1. The molecule has 1 N–H and O–H groups in total. The summed E-state index contributed by atoms with van der Waals surface area (Å²) >= 11 is 1.88. The van der Waals surface area contributed by atoms with E-state index < -0.39 is 0 Å². The van der Waals surface area contributed by atoms with Crippen LogP contribution in [0.15, 0.2) is 53.4 Å². The minimum atomic E-state index is 0.154. The molecule has 0 bridgehead atoms. The molecule has 0 radical (unpaired) electrons. The lowest BCUT2D eigenvalue weighted by atomic mass is 9.97. The van der Waals surface area contributed by atoms with Crippen molar-refractivity contribution in [2.75, 3.05) is 12.8 Å². The van der Waals surface area contributed by atoms with Crippen molar-refractivity contribution in [3.63, 3.8) is 0 Å². The summed E-state index contributed by atoms with van der Waals surface area (Å²) in [5, 5.41) is 3.42. The van der Waals surface area contributed by atoms with Crippen molar-refractivity contribution in [1.29, 1.82) is 0 Å². The fraction of sp³-hybridized carbons (Fsp3) is 0.294. The first-order valence-corrected chi connectivity index (χ1v) is 7.89. The average molecular weight is 285 g/mol. The van der Waals surface area contributed by atoms with Crippen molar-refractivity contribution in [2.45, 2.75) is 24.0 Å². The van der Waals surface area contributed by atoms with E-state index >= 15 is 0 Å². The number of rotatable bonds is 3. The Bertz CT molecular complexity index is 599. The van der Waals surface area contributed by atoms with E-state index in [0.29, 0.717) is 0 Å². The minimum absolute atomic E-state index is 0.154. The first kappa shape index (κ1) is 13.5. The molecule has 2 aromatic carbocycles. The molecule has 0 saturated carbocycles. The lowest BCUT2D eigenvalue weighted by molar-refractivity contribution is 0.170. The normalized spacial score (nSPS) is 19.0. The third-order valence-electron chi connectivity index (χ3n) is 3.74. The maximum absolute atomic E-state index is 6.21. The highest BCUT2D eigenvalue weighted by atomic mass is 32.2. The van der Waals surface area contributed by atoms with Crippen LogP contribution in [0.5, 0.6) is 5.75 Å². The van der Waals surface area contributed by atoms with Gasteiger partial charge >= 0.3 is 0 Å². The molecule has 1 aliphatic rings. The van der Waals surface area contributed by atoms with Crippen molar-refractivity contribution < 1.29 is 4.74 Å². The molecule has 1 aliphatic heterocycles. The van der Waals surface area contributed by atoms with Gasteiger partial charge < -0.3 is 10.1 Å². The molecule has 3 rings (SSSR count). The summed E-state index contributed by atoms with van der Waals surface area (Å²) in [6.07, 6.45) is 0.154. The van der Waals surface area contributed by atoms with E-state index in [-0.39, 0.29) is 12.1 Å². The number of benzene rings is 2. The third kappa shape index (κ3) is 2.56. The first-order valence-electron chi connectivity index (χ1n) is 6.91. The Morgan fingerprint density at radius 1 is 1.15 bits per heavy atom. The topological polar surface area (TPSA) is 21.3 Å². The van der Waals surface area contributed by atoms with E-state index in [2.05, 4.69) is 54.7 Å². The van der Waals surface area contributed by atoms with Crippen LogP contribution in [0.2, 0.25) is 0 Å². The van der Waals surface area contributed by atoms with E-state index in [1.54, 1.807) is 0 Å². The molecule has 2 nitrogen and oxygen atoms in total. The molecule has 2 unspecified atom stereocenters. The predicted octanol–water partition coefficient (Wildman–Crippen LogP) is 3.81. The van der Waals surface area contributed by atoms with Gasteiger partial charge in [0.1, 0.15) is 11.9 Å². The molecule has 0 aliphatic carbocycles. The van der Waals surface area contributed by atoms with Crippen LogP contribution in [0.3, 0.4) is 0 Å². The van der Waals surface area contributed by atoms with E-state index in [1.165, 1.54) is 16.0 Å². The first-order chi connectivity index (χ1) is 9.79. The van der Waals surface area contributed by atoms with Crippen LogP contribution in [0.4, 0.5) is 0 Å². The van der Waals surface area contributed by atoms with E-state index in [0.717, 1.165) is 11.5 Å². The van der Waals surface area contributed by atoms with Crippen LogP contribution in [-0.2, 0) is 0 Å². The fourth-order valence-corrected chi connectivity index (χ4v) is 3.71. The maximum atomic E-state index is 6.21. The SMILES string of the molecule is CNC(c1ccccc1C)C1CSc2ccccc2O1. The van der Waals surface area contributed by atoms with Crippen molar-refractivity contribution in [2.24, 2.45) is 0 Å². The summed E-state index contributed by atoms with van der Waals surface area (Å²) in [7, 11) is 2.01. The highest BCUT2D eigenvalue weighted by Gasteiger charge is 2.28. The second-order valence-electron chi connectivity index (χ2n) is 5.04. The molecular weight excluding hydrogens is 266 g/mol. The molecule has 20 heavy (non-hydrogen) atoms. The number of thioether (sulfide) groups is 1. The molecule has 0 spiro atoms. The summed E-state index contributed by atoms with van der Waals surface area (Å²) < 4.78 is 6.21. The summed E-state index contributed by atoms with van der Waals surface area (Å²) in [5.41, 5.74) is 2.62. The van der Waals surface area contributed by atoms with Gasteiger partial charge in [0.25, 0.3) is 0 Å². The molecular formula is C17H19NOS. The molecule has 0 amide bonds. The summed E-state index contributed by atoms with van der Waals surface area (Å²) in [6, 6.07) is 17.0. The molecule has 2 atom stereocenters. The highest BCUT2D eigenvalue weighted by molar-refractivity contribution is 7.99. The average Bonchev–Trinajstić information content (AvgIpc) is 2.50. The van der Waals surface area contributed by atoms with Crippen molar-refractivity contribution >= 4 is 11.8 Å². The number of hydrogen-bond acceptors (Lipinski definition) is 3. The lowest BCUT2D eigenvalue weighted by Crippen LogP contribution is -2.37. The van der Waals surface area contributed by atoms with Crippen LogP contribution in [0.25, 0.3) is 0 Å². The zero-order valence-electron chi connectivity index (χ0n) is 11.8. The lowest BCUT2D eigenvalue weighted by Gasteiger charge is -2.32. The Morgan fingerprint density at radius 2 is 1.90 bits per heavy atom. The van der Waals surface area contributed by atoms with Crippen LogP contribution >= 0.6 is 11.8 Å². The van der Waals surface area contributed by atoms with Crippen molar-refractivity contribution in [3.8, 4) is 5.75 Å². The van der Waals surface area contributed by atoms with Gasteiger partial charge in [-0.15, -0.1) is 11.8 Å². The van der Waals surface area contributed by atoms with Gasteiger partial charge in [0.05, 0.1) is 6.04 Å². The number of fused-ring (bicyclic) bond motifs is 1. The van der Waals surface area contributed by atoms with Crippen LogP contribution < -0.4 is 10.1 Å². The monoisotopic (exact) mass is 285 g/mol. The molecule has 0 aromatic heterocycles. The standard InChI is InChI=1S/C17H19NOS/c1-12-7-3-4-8-13(12)17(18-2)15-11-20-16-10-6-5-9-14(16)19-15/h3-10,15,17-18H,11H2,1-2H3. The Labute approximate surface area is 124 Å². The third-order valence-corrected chi connectivity index (χ3v) is 4.88. The van der Waals surface area contributed by atoms with Gasteiger partial charge in [-0.3, -0.25) is 0 Å². The van der Waals surface area contributed by atoms with Crippen LogP contribution in [0, 0.1) is 6.92 Å². The number of aryl methyl sites for hydroxylation is 1. The summed E-state index contributed by atoms with van der Waals surface area (Å²) in [5.74, 6) is 1.97. The molecule has 0 saturated heterocycles. The largest absolute Gasteiger partial charge is 0.486 e. The van der Waals surface area contributed by atoms with Gasteiger partial charge in [0, 0.05) is 10.6 Å². The molecule has 3 heteroatoms. The smallest absolute Gasteiger partial charge is 0.133 e. The maximum Gasteiger partial charge on any atom is 0.133 e. The zero-order valence-corrected chi connectivity index (χ0v) is 12.6. The Morgan fingerprint density at radius 3 is 2.70 bits per heavy atom. The highest BCUT2D eigenvalue weighted by Crippen LogP contribution is 2.38. The molecule has 1 heterocycles. The predicted molar refractivity (Wildman–Crippen MR) is 84.6 cm³/mol. The van der Waals surface area contributed by atoms with Crippen LogP contribution in [-0.4, -0.2) is 18.9 Å². The fourth-order valence-electron chi connectivity index (χ4n) is 2.68. The quantitative estimate of drug-likeness (QED) is 0.926. The van der Waals surface area contributed by atoms with E-state index in [9.17, 15) is 0 Å². The Balaban J connectivity index is 1.87. The van der Waals surface area contributed by atoms with Crippen LogP contribution in [0.1, 0.15) is 17.2 Å². The Kier molecular flexibility index (Phi) is 3.99. The minimum Gasteiger partial charge on any atom is -0.486 e. The molecule has 0 fully saturated rings. The molecule has 2 aromatic rings. The second-order valence-corrected chi connectivity index (χ2v) is 6.10. The number of nitrogens with one attached hydrogen (secondary N) is 1. The van der Waals surface area contributed by atoms with Gasteiger partial charge in [-0.1, -0.05) is 36.4 Å². The number of hydrogen-bond donors (Lipinski definition) is 1. The van der Waals surface area contributed by atoms with E-state index in [4.69, 9.17) is 4.74 Å². The second kappa shape index (κ2) is 5.90. The summed E-state index contributed by atoms with van der Waals surface area (Å²) in [6.45, 7) is 2.16. The number of likely N-dealkylation sites (N-methyl/N-ethyl adjacent to an activating group) is 1. The Hall–Kier alpha value is -1.45. The zero-order chi connectivity index (χ0) is 13.9. The van der Waals surface area contributed by atoms with Crippen molar-refractivity contribution in [3.05, 3.63) is 59.7 Å². The van der Waals surface area contributed by atoms with Gasteiger partial charge in [-0.2, -0.15) is 0 Å². The van der Waals surface area contributed by atoms with Gasteiger partial charge in [0.15, 0.2) is 0 Å². The van der Waals surface area contributed by atoms with Gasteiger partial charge in [-0.05, 0) is 37.2 Å². The van der Waals surface area contributed by atoms with Gasteiger partial charge in [0.2, 0.25) is 0 Å². The number of ether oxygens (including phenoxy) is 1. The summed E-state index contributed by atoms with van der Waals surface area (Å²) in [4.78, 5) is 1.24.